The van der Waals surface area contributed by atoms with Crippen LogP contribution in [0.3, 0.4) is 0 Å². The number of rotatable bonds is 16. The number of carbonyl (C=O) groups excluding carboxylic acids is 2. The number of unbranched alkanes of at least 4 members (excludes halogenated alkanes) is 9. The highest BCUT2D eigenvalue weighted by atomic mass is 35.5. The topological polar surface area (TPSA) is 89.7 Å². The first-order chi connectivity index (χ1) is 19.5. The van der Waals surface area contributed by atoms with Gasteiger partial charge in [-0.25, -0.2) is 15.0 Å². The van der Waals surface area contributed by atoms with Crippen molar-refractivity contribution in [2.75, 3.05) is 11.9 Å². The Labute approximate surface area is 242 Å². The first-order valence-electron chi connectivity index (χ1n) is 14.8. The van der Waals surface area contributed by atoms with Crippen LogP contribution in [0, 0.1) is 0 Å². The van der Waals surface area contributed by atoms with Gasteiger partial charge in [-0.05, 0) is 50.6 Å². The number of ether oxygens (including phenoxy) is 1. The van der Waals surface area contributed by atoms with Crippen molar-refractivity contribution in [3.05, 3.63) is 58.7 Å². The second-order valence-corrected chi connectivity index (χ2v) is 10.4. The van der Waals surface area contributed by atoms with Gasteiger partial charge in [-0.2, -0.15) is 0 Å². The van der Waals surface area contributed by atoms with E-state index >= 15 is 0 Å². The lowest BCUT2D eigenvalue weighted by atomic mass is 10.1. The standard InChI is InChI=1S/C31H44ClN5O3/c1-4-7-8-9-10-11-12-13-14-17-22-40-29(38)24-20-21-25(32)26(23-24)33-30(39)34-35-31-36(5-2)27-18-15-16-19-28(27)37(31)6-3/h15-16,18-21,23H,4-14,17,22H2,1-3H3,(H2,33,34,39). The van der Waals surface area contributed by atoms with Gasteiger partial charge in [-0.3, -0.25) is 0 Å². The van der Waals surface area contributed by atoms with Gasteiger partial charge >= 0.3 is 12.0 Å². The van der Waals surface area contributed by atoms with Gasteiger partial charge < -0.3 is 19.2 Å². The molecule has 0 radical (unpaired) electrons. The maximum Gasteiger partial charge on any atom is 0.339 e. The van der Waals surface area contributed by atoms with Crippen LogP contribution in [-0.4, -0.2) is 27.7 Å². The third-order valence-electron chi connectivity index (χ3n) is 7.02. The molecule has 0 aliphatic rings. The number of imidazole rings is 1. The maximum absolute atomic E-state index is 12.7. The molecule has 218 valence electrons. The Balaban J connectivity index is 1.50. The van der Waals surface area contributed by atoms with Crippen LogP contribution in [0.25, 0.3) is 11.0 Å². The van der Waals surface area contributed by atoms with Gasteiger partial charge in [0.1, 0.15) is 0 Å². The molecule has 0 saturated heterocycles. The van der Waals surface area contributed by atoms with E-state index in [0.29, 0.717) is 41.6 Å². The summed E-state index contributed by atoms with van der Waals surface area (Å²) >= 11 is 6.30. The molecule has 40 heavy (non-hydrogen) atoms. The maximum atomic E-state index is 12.7. The molecule has 0 saturated carbocycles. The van der Waals surface area contributed by atoms with Gasteiger partial charge in [0, 0.05) is 13.1 Å². The second-order valence-electron chi connectivity index (χ2n) is 9.97. The summed E-state index contributed by atoms with van der Waals surface area (Å²) in [6.07, 6.45) is 12.2. The second kappa shape index (κ2) is 16.8. The van der Waals surface area contributed by atoms with Crippen LogP contribution in [0.1, 0.15) is 95.3 Å². The van der Waals surface area contributed by atoms with Gasteiger partial charge in [0.2, 0.25) is 5.62 Å². The molecule has 2 N–H and O–H groups in total. The zero-order valence-electron chi connectivity index (χ0n) is 24.2. The lowest BCUT2D eigenvalue weighted by molar-refractivity contribution is 0.0497. The van der Waals surface area contributed by atoms with E-state index in [4.69, 9.17) is 16.3 Å². The van der Waals surface area contributed by atoms with Crippen LogP contribution >= 0.6 is 11.6 Å². The average Bonchev–Trinajstić information content (AvgIpc) is 3.28. The van der Waals surface area contributed by atoms with Gasteiger partial charge in [-0.15, -0.1) is 5.10 Å². The first-order valence-corrected chi connectivity index (χ1v) is 15.1. The molecule has 0 spiro atoms. The molecule has 2 amide bonds. The van der Waals surface area contributed by atoms with Crippen LogP contribution in [0.5, 0.6) is 0 Å². The summed E-state index contributed by atoms with van der Waals surface area (Å²) in [6, 6.07) is 12.2. The lowest BCUT2D eigenvalue weighted by Crippen LogP contribution is -2.32. The molecule has 0 bridgehead atoms. The van der Waals surface area contributed by atoms with Crippen LogP contribution in [0.15, 0.2) is 47.6 Å². The van der Waals surface area contributed by atoms with E-state index in [0.717, 1.165) is 30.3 Å². The minimum atomic E-state index is -0.562. The number of carbonyl (C=O) groups is 2. The van der Waals surface area contributed by atoms with Crippen molar-refractivity contribution in [1.29, 1.82) is 0 Å². The Morgan fingerprint density at radius 2 is 1.40 bits per heavy atom. The minimum Gasteiger partial charge on any atom is -0.462 e. The molecule has 0 aliphatic heterocycles. The highest BCUT2D eigenvalue weighted by Crippen LogP contribution is 2.23. The van der Waals surface area contributed by atoms with Crippen molar-refractivity contribution in [3.63, 3.8) is 0 Å². The largest absolute Gasteiger partial charge is 0.462 e. The van der Waals surface area contributed by atoms with E-state index in [9.17, 15) is 9.59 Å². The number of amides is 2. The molecular formula is C31H44ClN5O3. The molecule has 0 fully saturated rings. The third-order valence-corrected chi connectivity index (χ3v) is 7.35. The Morgan fingerprint density at radius 1 is 0.825 bits per heavy atom. The molecular weight excluding hydrogens is 526 g/mol. The highest BCUT2D eigenvalue weighted by Gasteiger charge is 2.13. The molecule has 3 rings (SSSR count). The van der Waals surface area contributed by atoms with E-state index in [1.807, 2.05) is 47.2 Å². The number of anilines is 1. The van der Waals surface area contributed by atoms with Crippen LogP contribution in [0.4, 0.5) is 10.5 Å². The van der Waals surface area contributed by atoms with Crippen molar-refractivity contribution in [1.82, 2.24) is 14.6 Å². The number of aryl methyl sites for hydroxylation is 2. The van der Waals surface area contributed by atoms with Crippen LogP contribution in [0.2, 0.25) is 5.02 Å². The summed E-state index contributed by atoms with van der Waals surface area (Å²) in [5.41, 5.74) is 5.93. The quantitative estimate of drug-likeness (QED) is 0.104. The SMILES string of the molecule is CCCCCCCCCCCCOC(=O)c1ccc(Cl)c(NC(=O)NN=c2n(CC)c3ccccc3n2CC)c1. The summed E-state index contributed by atoms with van der Waals surface area (Å²) in [4.78, 5) is 25.3. The third kappa shape index (κ3) is 8.88. The van der Waals surface area contributed by atoms with Crippen LogP contribution in [-0.2, 0) is 17.8 Å². The van der Waals surface area contributed by atoms with Crippen LogP contribution < -0.4 is 16.4 Å². The molecule has 0 unspecified atom stereocenters. The average molecular weight is 570 g/mol. The van der Waals surface area contributed by atoms with Crippen molar-refractivity contribution in [3.8, 4) is 0 Å². The monoisotopic (exact) mass is 569 g/mol. The zero-order chi connectivity index (χ0) is 28.7. The van der Waals surface area contributed by atoms with E-state index in [1.165, 1.54) is 51.0 Å². The Bertz CT molecular complexity index is 1270. The number of nitrogens with zero attached hydrogens (tertiary/aromatic N) is 3. The van der Waals surface area contributed by atoms with Crippen molar-refractivity contribution < 1.29 is 14.3 Å². The van der Waals surface area contributed by atoms with Crippen molar-refractivity contribution >= 4 is 40.3 Å². The molecule has 0 aliphatic carbocycles. The predicted molar refractivity (Wildman–Crippen MR) is 163 cm³/mol. The number of benzene rings is 2. The summed E-state index contributed by atoms with van der Waals surface area (Å²) in [6.45, 7) is 8.08. The number of hydrogen-bond acceptors (Lipinski definition) is 4. The first kappa shape index (κ1) is 31.3. The number of fused-ring (bicyclic) bond motifs is 1. The molecule has 1 heterocycles. The Morgan fingerprint density at radius 3 is 1.98 bits per heavy atom. The van der Waals surface area contributed by atoms with E-state index < -0.39 is 12.0 Å². The number of esters is 1. The summed E-state index contributed by atoms with van der Waals surface area (Å²) < 4.78 is 9.53. The summed E-state index contributed by atoms with van der Waals surface area (Å²) in [5, 5.41) is 7.40. The predicted octanol–water partition coefficient (Wildman–Crippen LogP) is 7.85. The number of para-hydroxylation sites is 2. The van der Waals surface area contributed by atoms with Gasteiger partial charge in [0.25, 0.3) is 0 Å². The normalized spacial score (nSPS) is 11.0. The minimum absolute atomic E-state index is 0.308. The Kier molecular flexibility index (Phi) is 13.1. The summed E-state index contributed by atoms with van der Waals surface area (Å²) in [7, 11) is 0. The van der Waals surface area contributed by atoms with Crippen molar-refractivity contribution in [2.24, 2.45) is 5.10 Å². The van der Waals surface area contributed by atoms with Crippen molar-refractivity contribution in [2.45, 2.75) is 98.1 Å². The van der Waals surface area contributed by atoms with E-state index in [-0.39, 0.29) is 0 Å². The van der Waals surface area contributed by atoms with Gasteiger partial charge in [0.05, 0.1) is 33.9 Å². The Hall–Kier alpha value is -3.26. The zero-order valence-corrected chi connectivity index (χ0v) is 24.9. The molecule has 0 atom stereocenters. The van der Waals surface area contributed by atoms with E-state index in [2.05, 4.69) is 22.8 Å². The number of aromatic nitrogens is 2. The molecule has 3 aromatic rings. The molecule has 9 heteroatoms. The highest BCUT2D eigenvalue weighted by molar-refractivity contribution is 6.33. The number of urea groups is 1. The molecule has 1 aromatic heterocycles. The van der Waals surface area contributed by atoms with Gasteiger partial charge in [0.15, 0.2) is 0 Å². The fraction of sp³-hybridized carbons (Fsp3) is 0.516. The fourth-order valence-electron chi connectivity index (χ4n) is 4.86. The lowest BCUT2D eigenvalue weighted by Gasteiger charge is -2.10. The number of hydrogen-bond donors (Lipinski definition) is 2. The number of halogens is 1. The fourth-order valence-corrected chi connectivity index (χ4v) is 5.03. The number of nitrogens with one attached hydrogen (secondary N) is 2. The molecule has 2 aromatic carbocycles. The summed E-state index contributed by atoms with van der Waals surface area (Å²) in [5.74, 6) is -0.433. The molecule has 8 nitrogen and oxygen atoms in total. The van der Waals surface area contributed by atoms with Gasteiger partial charge in [-0.1, -0.05) is 88.4 Å². The smallest absolute Gasteiger partial charge is 0.339 e. The van der Waals surface area contributed by atoms with E-state index in [1.54, 1.807) is 12.1 Å².